The number of hydrogen-bond acceptors (Lipinski definition) is 7. The number of benzene rings is 1. The average Bonchev–Trinajstić information content (AvgIpc) is 3.02. The highest BCUT2D eigenvalue weighted by Gasteiger charge is 2.32. The number of thiophene rings is 1. The van der Waals surface area contributed by atoms with E-state index in [1.165, 1.54) is 11.3 Å². The summed E-state index contributed by atoms with van der Waals surface area (Å²) in [4.78, 5) is 26.3. The summed E-state index contributed by atoms with van der Waals surface area (Å²) in [6, 6.07) is 9.49. The number of fused-ring (bicyclic) bond motifs is 1. The Morgan fingerprint density at radius 3 is 2.66 bits per heavy atom. The molecule has 8 heteroatoms. The lowest BCUT2D eigenvalue weighted by atomic mass is 9.98. The molecule has 2 aromatic rings. The summed E-state index contributed by atoms with van der Waals surface area (Å²) in [5.74, 6) is -0.453. The van der Waals surface area contributed by atoms with Gasteiger partial charge in [0.15, 0.2) is 0 Å². The Labute approximate surface area is 174 Å². The number of amides is 1. The van der Waals surface area contributed by atoms with E-state index in [1.807, 2.05) is 51.1 Å². The van der Waals surface area contributed by atoms with Gasteiger partial charge in [0.2, 0.25) is 0 Å². The SMILES string of the molecule is CC(C)(C)OC(=O)c1c(NC(=O)OCc2ccccc2)sc2c1CC(CN)NC2. The number of carbonyl (C=O) groups excluding carboxylic acids is 2. The molecule has 29 heavy (non-hydrogen) atoms. The molecule has 1 aliphatic heterocycles. The summed E-state index contributed by atoms with van der Waals surface area (Å²) in [5, 5.41) is 6.52. The topological polar surface area (TPSA) is 103 Å². The molecule has 1 unspecified atom stereocenters. The largest absolute Gasteiger partial charge is 0.456 e. The molecule has 0 radical (unpaired) electrons. The molecule has 1 amide bonds. The first-order valence-corrected chi connectivity index (χ1v) is 10.4. The Morgan fingerprint density at radius 1 is 1.28 bits per heavy atom. The molecule has 156 valence electrons. The van der Waals surface area contributed by atoms with Gasteiger partial charge in [-0.25, -0.2) is 9.59 Å². The van der Waals surface area contributed by atoms with Crippen LogP contribution in [0.15, 0.2) is 30.3 Å². The molecule has 0 saturated carbocycles. The van der Waals surface area contributed by atoms with Crippen molar-refractivity contribution in [3.05, 3.63) is 51.9 Å². The number of nitrogens with one attached hydrogen (secondary N) is 2. The minimum absolute atomic E-state index is 0.0798. The Kier molecular flexibility index (Phi) is 6.56. The van der Waals surface area contributed by atoms with E-state index in [0.29, 0.717) is 30.1 Å². The Morgan fingerprint density at radius 2 is 2.00 bits per heavy atom. The molecule has 1 atom stereocenters. The van der Waals surface area contributed by atoms with Gasteiger partial charge < -0.3 is 20.5 Å². The molecule has 0 spiro atoms. The maximum absolute atomic E-state index is 12.9. The van der Waals surface area contributed by atoms with Crippen LogP contribution in [0.5, 0.6) is 0 Å². The Balaban J connectivity index is 1.80. The van der Waals surface area contributed by atoms with E-state index in [4.69, 9.17) is 15.2 Å². The van der Waals surface area contributed by atoms with E-state index in [2.05, 4.69) is 10.6 Å². The zero-order valence-corrected chi connectivity index (χ0v) is 17.7. The van der Waals surface area contributed by atoms with Crippen LogP contribution in [0.1, 0.15) is 47.1 Å². The fourth-order valence-electron chi connectivity index (χ4n) is 3.08. The van der Waals surface area contributed by atoms with Gasteiger partial charge in [0, 0.05) is 24.0 Å². The van der Waals surface area contributed by atoms with Gasteiger partial charge >= 0.3 is 12.1 Å². The minimum Gasteiger partial charge on any atom is -0.456 e. The van der Waals surface area contributed by atoms with Gasteiger partial charge in [0.25, 0.3) is 0 Å². The second-order valence-electron chi connectivity index (χ2n) is 7.91. The average molecular weight is 418 g/mol. The molecule has 1 aromatic heterocycles. The lowest BCUT2D eigenvalue weighted by Gasteiger charge is -2.24. The van der Waals surface area contributed by atoms with Crippen LogP contribution in [-0.2, 0) is 29.0 Å². The van der Waals surface area contributed by atoms with Crippen LogP contribution in [0.25, 0.3) is 0 Å². The molecule has 3 rings (SSSR count). The van der Waals surface area contributed by atoms with E-state index in [1.54, 1.807) is 0 Å². The van der Waals surface area contributed by atoms with Crippen molar-refractivity contribution in [2.45, 2.75) is 52.0 Å². The van der Waals surface area contributed by atoms with E-state index in [0.717, 1.165) is 16.0 Å². The van der Waals surface area contributed by atoms with Crippen molar-refractivity contribution in [2.24, 2.45) is 5.73 Å². The summed E-state index contributed by atoms with van der Waals surface area (Å²) in [7, 11) is 0. The van der Waals surface area contributed by atoms with Crippen LogP contribution in [0, 0.1) is 0 Å². The molecule has 1 aliphatic rings. The molecular formula is C21H27N3O4S. The zero-order valence-electron chi connectivity index (χ0n) is 16.9. The van der Waals surface area contributed by atoms with Crippen LogP contribution in [-0.4, -0.2) is 30.3 Å². The first kappa shape index (κ1) is 21.3. The van der Waals surface area contributed by atoms with Gasteiger partial charge in [-0.2, -0.15) is 0 Å². The number of anilines is 1. The summed E-state index contributed by atoms with van der Waals surface area (Å²) >= 11 is 1.36. The number of rotatable bonds is 5. The number of carbonyl (C=O) groups is 2. The standard InChI is InChI=1S/C21H27N3O4S/c1-21(2,3)28-19(25)17-15-9-14(10-22)23-11-16(15)29-18(17)24-20(26)27-12-13-7-5-4-6-8-13/h4-8,14,23H,9-12,22H2,1-3H3,(H,24,26). The third kappa shape index (κ3) is 5.56. The highest BCUT2D eigenvalue weighted by molar-refractivity contribution is 7.17. The third-order valence-electron chi connectivity index (χ3n) is 4.41. The van der Waals surface area contributed by atoms with E-state index in [9.17, 15) is 9.59 Å². The quantitative estimate of drug-likeness (QED) is 0.644. The molecule has 2 heterocycles. The number of ether oxygens (including phenoxy) is 2. The fraction of sp³-hybridized carbons (Fsp3) is 0.429. The zero-order chi connectivity index (χ0) is 21.0. The van der Waals surface area contributed by atoms with E-state index >= 15 is 0 Å². The Hall–Kier alpha value is -2.42. The Bertz CT molecular complexity index is 874. The molecule has 0 aliphatic carbocycles. The lowest BCUT2D eigenvalue weighted by molar-refractivity contribution is 0.00698. The second kappa shape index (κ2) is 8.94. The third-order valence-corrected chi connectivity index (χ3v) is 5.56. The normalized spacial score (nSPS) is 16.1. The molecule has 0 saturated heterocycles. The van der Waals surface area contributed by atoms with Gasteiger partial charge in [-0.15, -0.1) is 11.3 Å². The van der Waals surface area contributed by atoms with Crippen LogP contribution in [0.3, 0.4) is 0 Å². The van der Waals surface area contributed by atoms with E-state index < -0.39 is 17.7 Å². The smallest absolute Gasteiger partial charge is 0.412 e. The predicted octanol–water partition coefficient (Wildman–Crippen LogP) is 3.43. The highest BCUT2D eigenvalue weighted by atomic mass is 32.1. The van der Waals surface area contributed by atoms with Gasteiger partial charge in [-0.1, -0.05) is 30.3 Å². The van der Waals surface area contributed by atoms with Crippen molar-refractivity contribution >= 4 is 28.4 Å². The van der Waals surface area contributed by atoms with Gasteiger partial charge in [0.05, 0.1) is 5.56 Å². The lowest BCUT2D eigenvalue weighted by Crippen LogP contribution is -2.41. The van der Waals surface area contributed by atoms with Crippen molar-refractivity contribution in [1.82, 2.24) is 5.32 Å². The monoisotopic (exact) mass is 417 g/mol. The molecule has 4 N–H and O–H groups in total. The first-order chi connectivity index (χ1) is 13.8. The fourth-order valence-corrected chi connectivity index (χ4v) is 4.23. The summed E-state index contributed by atoms with van der Waals surface area (Å²) < 4.78 is 10.9. The maximum Gasteiger partial charge on any atom is 0.412 e. The number of nitrogens with two attached hydrogens (primary N) is 1. The maximum atomic E-state index is 12.9. The predicted molar refractivity (Wildman–Crippen MR) is 113 cm³/mol. The van der Waals surface area contributed by atoms with Gasteiger partial charge in [-0.3, -0.25) is 5.32 Å². The minimum atomic E-state index is -0.642. The van der Waals surface area contributed by atoms with Gasteiger partial charge in [0.1, 0.15) is 17.2 Å². The summed E-state index contributed by atoms with van der Waals surface area (Å²) in [6.07, 6.45) is -0.00178. The molecule has 0 fully saturated rings. The summed E-state index contributed by atoms with van der Waals surface area (Å²) in [5.41, 5.74) is 7.33. The highest BCUT2D eigenvalue weighted by Crippen LogP contribution is 2.37. The summed E-state index contributed by atoms with van der Waals surface area (Å²) in [6.45, 7) is 6.65. The van der Waals surface area contributed by atoms with E-state index in [-0.39, 0.29) is 12.6 Å². The van der Waals surface area contributed by atoms with Gasteiger partial charge in [-0.05, 0) is 38.3 Å². The number of hydrogen-bond donors (Lipinski definition) is 3. The molecule has 7 nitrogen and oxygen atoms in total. The van der Waals surface area contributed by atoms with Crippen molar-refractivity contribution in [3.63, 3.8) is 0 Å². The first-order valence-electron chi connectivity index (χ1n) is 9.56. The van der Waals surface area contributed by atoms with Crippen LogP contribution in [0.4, 0.5) is 9.80 Å². The van der Waals surface area contributed by atoms with Crippen LogP contribution >= 0.6 is 11.3 Å². The second-order valence-corrected chi connectivity index (χ2v) is 9.02. The van der Waals surface area contributed by atoms with Crippen LogP contribution in [0.2, 0.25) is 0 Å². The molecule has 0 bridgehead atoms. The van der Waals surface area contributed by atoms with Crippen molar-refractivity contribution in [2.75, 3.05) is 11.9 Å². The number of esters is 1. The van der Waals surface area contributed by atoms with Crippen molar-refractivity contribution in [1.29, 1.82) is 0 Å². The van der Waals surface area contributed by atoms with Crippen molar-refractivity contribution in [3.8, 4) is 0 Å². The van der Waals surface area contributed by atoms with Crippen LogP contribution < -0.4 is 16.4 Å². The molecular weight excluding hydrogens is 390 g/mol. The van der Waals surface area contributed by atoms with Crippen molar-refractivity contribution < 1.29 is 19.1 Å². The molecule has 1 aromatic carbocycles.